The molecule has 2 aliphatic rings. The maximum Gasteiger partial charge on any atom is 0.322 e. The first-order chi connectivity index (χ1) is 15.2. The SMILES string of the molecule is O=C(Nc1cccc(OCc2cccc(F)c2)c1)N(C[C@@H]1CCCO1)C[C@@H]1CCCO1. The third-order valence-electron chi connectivity index (χ3n) is 5.56. The Morgan fingerprint density at radius 2 is 1.74 bits per heavy atom. The molecule has 2 aliphatic heterocycles. The first kappa shape index (κ1) is 21.6. The van der Waals surface area contributed by atoms with E-state index >= 15 is 0 Å². The van der Waals surface area contributed by atoms with Crippen LogP contribution >= 0.6 is 0 Å². The van der Waals surface area contributed by atoms with E-state index in [-0.39, 0.29) is 30.7 Å². The molecule has 7 heteroatoms. The summed E-state index contributed by atoms with van der Waals surface area (Å²) in [5, 5.41) is 2.97. The Kier molecular flexibility index (Phi) is 7.38. The second kappa shape index (κ2) is 10.6. The molecule has 1 N–H and O–H groups in total. The van der Waals surface area contributed by atoms with Gasteiger partial charge >= 0.3 is 6.03 Å². The number of anilines is 1. The number of ether oxygens (including phenoxy) is 3. The van der Waals surface area contributed by atoms with Crippen molar-refractivity contribution in [1.29, 1.82) is 0 Å². The standard InChI is InChI=1S/C24H29FN2O4/c25-19-6-1-5-18(13-19)17-31-21-8-2-7-20(14-21)26-24(28)27(15-22-9-3-11-29-22)16-23-10-4-12-30-23/h1-2,5-8,13-14,22-23H,3-4,9-12,15-17H2,(H,26,28)/t22-,23-/m0/s1. The molecule has 2 saturated heterocycles. The van der Waals surface area contributed by atoms with Crippen molar-refractivity contribution in [3.63, 3.8) is 0 Å². The molecule has 4 rings (SSSR count). The largest absolute Gasteiger partial charge is 0.489 e. The van der Waals surface area contributed by atoms with Crippen molar-refractivity contribution < 1.29 is 23.4 Å². The molecule has 0 unspecified atom stereocenters. The summed E-state index contributed by atoms with van der Waals surface area (Å²) in [4.78, 5) is 14.8. The first-order valence-electron chi connectivity index (χ1n) is 10.9. The van der Waals surface area contributed by atoms with E-state index in [2.05, 4.69) is 5.32 Å². The number of hydrogen-bond acceptors (Lipinski definition) is 4. The van der Waals surface area contributed by atoms with Gasteiger partial charge in [0.2, 0.25) is 0 Å². The molecule has 2 heterocycles. The molecule has 31 heavy (non-hydrogen) atoms. The molecule has 2 aromatic rings. The fourth-order valence-electron chi connectivity index (χ4n) is 3.97. The number of carbonyl (C=O) groups excluding carboxylic acids is 1. The normalized spacial score (nSPS) is 20.5. The number of amides is 2. The Bertz CT molecular complexity index is 848. The highest BCUT2D eigenvalue weighted by molar-refractivity contribution is 5.89. The van der Waals surface area contributed by atoms with Crippen molar-refractivity contribution >= 4 is 11.7 Å². The Balaban J connectivity index is 1.37. The lowest BCUT2D eigenvalue weighted by Gasteiger charge is -2.28. The van der Waals surface area contributed by atoms with Crippen LogP contribution in [0.1, 0.15) is 31.2 Å². The highest BCUT2D eigenvalue weighted by Gasteiger charge is 2.27. The van der Waals surface area contributed by atoms with Gasteiger partial charge in [0.25, 0.3) is 0 Å². The Morgan fingerprint density at radius 3 is 2.39 bits per heavy atom. The summed E-state index contributed by atoms with van der Waals surface area (Å²) in [6.07, 6.45) is 4.16. The molecule has 2 aromatic carbocycles. The van der Waals surface area contributed by atoms with Crippen molar-refractivity contribution in [2.45, 2.75) is 44.5 Å². The molecule has 0 radical (unpaired) electrons. The zero-order valence-electron chi connectivity index (χ0n) is 17.6. The van der Waals surface area contributed by atoms with Gasteiger partial charge in [0.05, 0.1) is 12.2 Å². The van der Waals surface area contributed by atoms with E-state index in [0.717, 1.165) is 44.5 Å². The number of nitrogens with one attached hydrogen (secondary N) is 1. The Hall–Kier alpha value is -2.64. The quantitative estimate of drug-likeness (QED) is 0.668. The van der Waals surface area contributed by atoms with Gasteiger partial charge in [-0.05, 0) is 55.5 Å². The van der Waals surface area contributed by atoms with Crippen LogP contribution in [0.5, 0.6) is 5.75 Å². The minimum atomic E-state index is -0.292. The van der Waals surface area contributed by atoms with Gasteiger partial charge < -0.3 is 24.4 Å². The van der Waals surface area contributed by atoms with Crippen molar-refractivity contribution in [2.75, 3.05) is 31.6 Å². The van der Waals surface area contributed by atoms with Crippen LogP contribution in [-0.2, 0) is 16.1 Å². The second-order valence-electron chi connectivity index (χ2n) is 8.05. The van der Waals surface area contributed by atoms with E-state index in [1.807, 2.05) is 24.3 Å². The molecule has 2 atom stereocenters. The van der Waals surface area contributed by atoms with E-state index in [4.69, 9.17) is 14.2 Å². The Labute approximate surface area is 182 Å². The predicted molar refractivity (Wildman–Crippen MR) is 116 cm³/mol. The number of carbonyl (C=O) groups is 1. The second-order valence-corrected chi connectivity index (χ2v) is 8.05. The molecule has 0 saturated carbocycles. The van der Waals surface area contributed by atoms with Crippen LogP contribution < -0.4 is 10.1 Å². The molecule has 0 bridgehead atoms. The summed E-state index contributed by atoms with van der Waals surface area (Å²) in [5.41, 5.74) is 1.39. The number of urea groups is 1. The average Bonchev–Trinajstić information content (AvgIpc) is 3.46. The fourth-order valence-corrected chi connectivity index (χ4v) is 3.97. The van der Waals surface area contributed by atoms with Crippen molar-refractivity contribution in [1.82, 2.24) is 4.90 Å². The lowest BCUT2D eigenvalue weighted by molar-refractivity contribution is 0.0524. The van der Waals surface area contributed by atoms with Crippen LogP contribution in [0.2, 0.25) is 0 Å². The maximum atomic E-state index is 13.3. The van der Waals surface area contributed by atoms with Crippen LogP contribution in [0, 0.1) is 5.82 Å². The summed E-state index contributed by atoms with van der Waals surface area (Å²) in [6, 6.07) is 13.4. The molecule has 2 amide bonds. The van der Waals surface area contributed by atoms with Crippen molar-refractivity contribution in [3.05, 3.63) is 59.9 Å². The third kappa shape index (κ3) is 6.42. The minimum Gasteiger partial charge on any atom is -0.489 e. The van der Waals surface area contributed by atoms with E-state index in [9.17, 15) is 9.18 Å². The van der Waals surface area contributed by atoms with Gasteiger partial charge in [-0.2, -0.15) is 0 Å². The van der Waals surface area contributed by atoms with Gasteiger partial charge in [-0.25, -0.2) is 9.18 Å². The number of hydrogen-bond donors (Lipinski definition) is 1. The van der Waals surface area contributed by atoms with Gasteiger partial charge in [0.15, 0.2) is 0 Å². The summed E-state index contributed by atoms with van der Waals surface area (Å²) in [6.45, 7) is 2.87. The lowest BCUT2D eigenvalue weighted by Crippen LogP contribution is -2.44. The molecule has 0 aromatic heterocycles. The van der Waals surface area contributed by atoms with Crippen molar-refractivity contribution in [2.24, 2.45) is 0 Å². The van der Waals surface area contributed by atoms with Crippen LogP contribution in [0.3, 0.4) is 0 Å². The number of nitrogens with zero attached hydrogens (tertiary/aromatic N) is 1. The number of halogens is 1. The smallest absolute Gasteiger partial charge is 0.322 e. The third-order valence-corrected chi connectivity index (χ3v) is 5.56. The summed E-state index contributed by atoms with van der Waals surface area (Å²) in [7, 11) is 0. The van der Waals surface area contributed by atoms with Crippen LogP contribution in [0.15, 0.2) is 48.5 Å². The molecular weight excluding hydrogens is 399 g/mol. The highest BCUT2D eigenvalue weighted by atomic mass is 19.1. The monoisotopic (exact) mass is 428 g/mol. The van der Waals surface area contributed by atoms with Gasteiger partial charge in [-0.3, -0.25) is 0 Å². The average molecular weight is 429 g/mol. The Morgan fingerprint density at radius 1 is 1.03 bits per heavy atom. The van der Waals surface area contributed by atoms with E-state index in [1.54, 1.807) is 17.0 Å². The van der Waals surface area contributed by atoms with E-state index in [0.29, 0.717) is 24.5 Å². The zero-order valence-corrected chi connectivity index (χ0v) is 17.6. The van der Waals surface area contributed by atoms with Crippen LogP contribution in [0.25, 0.3) is 0 Å². The predicted octanol–water partition coefficient (Wildman–Crippen LogP) is 4.60. The molecule has 166 valence electrons. The highest BCUT2D eigenvalue weighted by Crippen LogP contribution is 2.21. The van der Waals surface area contributed by atoms with Gasteiger partial charge in [0.1, 0.15) is 18.2 Å². The van der Waals surface area contributed by atoms with Gasteiger partial charge in [0, 0.05) is 38.1 Å². The molecule has 6 nitrogen and oxygen atoms in total. The number of benzene rings is 2. The maximum absolute atomic E-state index is 13.3. The van der Waals surface area contributed by atoms with E-state index in [1.165, 1.54) is 12.1 Å². The first-order valence-corrected chi connectivity index (χ1v) is 10.9. The van der Waals surface area contributed by atoms with Gasteiger partial charge in [-0.1, -0.05) is 18.2 Å². The molecule has 0 spiro atoms. The lowest BCUT2D eigenvalue weighted by atomic mass is 10.2. The minimum absolute atomic E-state index is 0.0769. The van der Waals surface area contributed by atoms with Crippen LogP contribution in [0.4, 0.5) is 14.9 Å². The molecular formula is C24H29FN2O4. The molecule has 0 aliphatic carbocycles. The molecule has 2 fully saturated rings. The topological polar surface area (TPSA) is 60.0 Å². The van der Waals surface area contributed by atoms with Gasteiger partial charge in [-0.15, -0.1) is 0 Å². The summed E-state index contributed by atoms with van der Waals surface area (Å²) < 4.78 is 30.6. The summed E-state index contributed by atoms with van der Waals surface area (Å²) >= 11 is 0. The zero-order chi connectivity index (χ0) is 21.5. The summed E-state index contributed by atoms with van der Waals surface area (Å²) in [5.74, 6) is 0.312. The van der Waals surface area contributed by atoms with Crippen LogP contribution in [-0.4, -0.2) is 49.4 Å². The number of rotatable bonds is 8. The van der Waals surface area contributed by atoms with E-state index < -0.39 is 0 Å². The fraction of sp³-hybridized carbons (Fsp3) is 0.458. The van der Waals surface area contributed by atoms with Crippen molar-refractivity contribution in [3.8, 4) is 5.75 Å².